The molecule has 2 aliphatic heterocycles. The van der Waals surface area contributed by atoms with Gasteiger partial charge in [0.05, 0.1) is 6.61 Å². The molecule has 0 radical (unpaired) electrons. The zero-order valence-electron chi connectivity index (χ0n) is 14.6. The Morgan fingerprint density at radius 3 is 2.62 bits per heavy atom. The van der Waals surface area contributed by atoms with Crippen molar-refractivity contribution in [2.75, 3.05) is 59.0 Å². The fourth-order valence-corrected chi connectivity index (χ4v) is 3.71. The van der Waals surface area contributed by atoms with Gasteiger partial charge >= 0.3 is 0 Å². The highest BCUT2D eigenvalue weighted by Crippen LogP contribution is 2.29. The molecule has 1 aromatic rings. The van der Waals surface area contributed by atoms with Crippen LogP contribution >= 0.6 is 0 Å². The van der Waals surface area contributed by atoms with Crippen molar-refractivity contribution in [1.82, 2.24) is 24.9 Å². The Labute approximate surface area is 143 Å². The maximum atomic E-state index is 13.3. The van der Waals surface area contributed by atoms with Crippen LogP contribution in [-0.2, 0) is 15.1 Å². The summed E-state index contributed by atoms with van der Waals surface area (Å²) in [6, 6.07) is 1.91. The van der Waals surface area contributed by atoms with Gasteiger partial charge in [0.25, 0.3) is 5.91 Å². The summed E-state index contributed by atoms with van der Waals surface area (Å²) in [5, 5.41) is 7.77. The molecule has 7 nitrogen and oxygen atoms in total. The lowest BCUT2D eigenvalue weighted by Crippen LogP contribution is -2.59. The molecular formula is C17H29N5O2. The number of hydrogen-bond donors (Lipinski definition) is 1. The number of aromatic nitrogens is 2. The Bertz CT molecular complexity index is 505. The van der Waals surface area contributed by atoms with Gasteiger partial charge in [0, 0.05) is 51.7 Å². The highest BCUT2D eigenvalue weighted by molar-refractivity contribution is 5.84. The van der Waals surface area contributed by atoms with Gasteiger partial charge in [0.15, 0.2) is 0 Å². The molecule has 24 heavy (non-hydrogen) atoms. The first kappa shape index (κ1) is 17.4. The number of rotatable bonds is 6. The molecule has 0 atom stereocenters. The van der Waals surface area contributed by atoms with Crippen LogP contribution < -0.4 is 5.32 Å². The van der Waals surface area contributed by atoms with Gasteiger partial charge in [-0.25, -0.2) is 0 Å². The topological polar surface area (TPSA) is 62.6 Å². The Morgan fingerprint density at radius 2 is 2.00 bits per heavy atom. The largest absolute Gasteiger partial charge is 0.380 e. The molecule has 3 rings (SSSR count). The van der Waals surface area contributed by atoms with Crippen LogP contribution in [0.4, 0.5) is 0 Å². The fraction of sp³-hybridized carbons (Fsp3) is 0.765. The Morgan fingerprint density at radius 1 is 1.25 bits per heavy atom. The molecule has 0 saturated carbocycles. The number of hydrogen-bond acceptors (Lipinski definition) is 5. The number of amides is 1. The molecule has 0 aromatic carbocycles. The minimum absolute atomic E-state index is 0.233. The average molecular weight is 335 g/mol. The number of piperidine rings is 1. The van der Waals surface area contributed by atoms with Crippen LogP contribution in [0.15, 0.2) is 18.5 Å². The fourth-order valence-electron chi connectivity index (χ4n) is 3.71. The monoisotopic (exact) mass is 335 g/mol. The van der Waals surface area contributed by atoms with Gasteiger partial charge in [-0.2, -0.15) is 5.10 Å². The molecule has 7 heteroatoms. The maximum absolute atomic E-state index is 13.3. The number of nitrogens with one attached hydrogen (secondary N) is 1. The first-order chi connectivity index (χ1) is 11.8. The van der Waals surface area contributed by atoms with E-state index in [0.29, 0.717) is 0 Å². The van der Waals surface area contributed by atoms with Gasteiger partial charge < -0.3 is 15.0 Å². The van der Waals surface area contributed by atoms with Crippen molar-refractivity contribution in [2.24, 2.45) is 0 Å². The Kier molecular flexibility index (Phi) is 5.86. The second kappa shape index (κ2) is 8.09. The third kappa shape index (κ3) is 3.63. The average Bonchev–Trinajstić information content (AvgIpc) is 3.18. The SMILES string of the molecule is CCOCCN1CCN(C(=O)C2(n3cccn3)CCNCC2)CC1. The van der Waals surface area contributed by atoms with Crippen molar-refractivity contribution >= 4 is 5.91 Å². The third-order valence-electron chi connectivity index (χ3n) is 5.19. The standard InChI is InChI=1S/C17H29N5O2/c1-2-24-15-14-20-10-12-21(13-11-20)16(23)17(4-7-18-8-5-17)22-9-3-6-19-22/h3,6,9,18H,2,4-5,7-8,10-15H2,1H3. The van der Waals surface area contributed by atoms with Crippen LogP contribution in [0.1, 0.15) is 19.8 Å². The molecule has 0 bridgehead atoms. The van der Waals surface area contributed by atoms with Crippen molar-refractivity contribution in [3.8, 4) is 0 Å². The van der Waals surface area contributed by atoms with Gasteiger partial charge in [-0.15, -0.1) is 0 Å². The molecule has 134 valence electrons. The molecule has 1 aromatic heterocycles. The van der Waals surface area contributed by atoms with E-state index in [1.165, 1.54) is 0 Å². The molecule has 1 amide bonds. The van der Waals surface area contributed by atoms with Crippen molar-refractivity contribution < 1.29 is 9.53 Å². The van der Waals surface area contributed by atoms with E-state index in [2.05, 4.69) is 15.3 Å². The van der Waals surface area contributed by atoms with Crippen molar-refractivity contribution in [1.29, 1.82) is 0 Å². The number of carbonyl (C=O) groups is 1. The van der Waals surface area contributed by atoms with Crippen LogP contribution in [0.3, 0.4) is 0 Å². The summed E-state index contributed by atoms with van der Waals surface area (Å²) in [7, 11) is 0. The Balaban J connectivity index is 1.62. The molecule has 2 saturated heterocycles. The summed E-state index contributed by atoms with van der Waals surface area (Å²) < 4.78 is 7.32. The van der Waals surface area contributed by atoms with E-state index >= 15 is 0 Å². The molecule has 0 aliphatic carbocycles. The summed E-state index contributed by atoms with van der Waals surface area (Å²) in [6.45, 7) is 9.65. The summed E-state index contributed by atoms with van der Waals surface area (Å²) in [6.07, 6.45) is 5.31. The summed E-state index contributed by atoms with van der Waals surface area (Å²) >= 11 is 0. The van der Waals surface area contributed by atoms with E-state index < -0.39 is 5.54 Å². The van der Waals surface area contributed by atoms with Crippen molar-refractivity contribution in [2.45, 2.75) is 25.3 Å². The number of ether oxygens (including phenoxy) is 1. The minimum atomic E-state index is -0.512. The normalized spacial score (nSPS) is 21.8. The number of carbonyl (C=O) groups excluding carboxylic acids is 1. The van der Waals surface area contributed by atoms with Crippen LogP contribution in [-0.4, -0.2) is 84.5 Å². The summed E-state index contributed by atoms with van der Waals surface area (Å²) in [5.41, 5.74) is -0.512. The molecule has 0 spiro atoms. The van der Waals surface area contributed by atoms with E-state index in [1.54, 1.807) is 6.20 Å². The molecule has 3 heterocycles. The minimum Gasteiger partial charge on any atom is -0.380 e. The van der Waals surface area contributed by atoms with E-state index in [4.69, 9.17) is 4.74 Å². The van der Waals surface area contributed by atoms with Gasteiger partial charge in [-0.3, -0.25) is 14.4 Å². The number of nitrogens with zero attached hydrogens (tertiary/aromatic N) is 4. The van der Waals surface area contributed by atoms with Crippen molar-refractivity contribution in [3.63, 3.8) is 0 Å². The first-order valence-electron chi connectivity index (χ1n) is 9.06. The van der Waals surface area contributed by atoms with Crippen molar-refractivity contribution in [3.05, 3.63) is 18.5 Å². The maximum Gasteiger partial charge on any atom is 0.250 e. The van der Waals surface area contributed by atoms with E-state index in [0.717, 1.165) is 71.9 Å². The zero-order valence-corrected chi connectivity index (χ0v) is 14.6. The highest BCUT2D eigenvalue weighted by Gasteiger charge is 2.44. The smallest absolute Gasteiger partial charge is 0.250 e. The zero-order chi connectivity index (χ0) is 16.8. The number of piperazine rings is 1. The second-order valence-electron chi connectivity index (χ2n) is 6.56. The van der Waals surface area contributed by atoms with Gasteiger partial charge in [0.2, 0.25) is 0 Å². The van der Waals surface area contributed by atoms with Crippen LogP contribution in [0.2, 0.25) is 0 Å². The quantitative estimate of drug-likeness (QED) is 0.750. The first-order valence-corrected chi connectivity index (χ1v) is 9.06. The lowest BCUT2D eigenvalue weighted by molar-refractivity contribution is -0.145. The van der Waals surface area contributed by atoms with Gasteiger partial charge in [-0.05, 0) is 38.9 Å². The highest BCUT2D eigenvalue weighted by atomic mass is 16.5. The van der Waals surface area contributed by atoms with Crippen LogP contribution in [0.25, 0.3) is 0 Å². The lowest BCUT2D eigenvalue weighted by Gasteiger charge is -2.43. The summed E-state index contributed by atoms with van der Waals surface area (Å²) in [4.78, 5) is 17.7. The predicted octanol–water partition coefficient (Wildman–Crippen LogP) is 0.143. The van der Waals surface area contributed by atoms with E-state index in [9.17, 15) is 4.79 Å². The van der Waals surface area contributed by atoms with Crippen LogP contribution in [0.5, 0.6) is 0 Å². The van der Waals surface area contributed by atoms with Crippen LogP contribution in [0, 0.1) is 0 Å². The van der Waals surface area contributed by atoms with Gasteiger partial charge in [-0.1, -0.05) is 0 Å². The van der Waals surface area contributed by atoms with Gasteiger partial charge in [0.1, 0.15) is 5.54 Å². The summed E-state index contributed by atoms with van der Waals surface area (Å²) in [5.74, 6) is 0.233. The van der Waals surface area contributed by atoms with E-state index in [-0.39, 0.29) is 5.91 Å². The molecule has 0 unspecified atom stereocenters. The molecule has 1 N–H and O–H groups in total. The lowest BCUT2D eigenvalue weighted by atomic mass is 9.86. The second-order valence-corrected chi connectivity index (χ2v) is 6.56. The third-order valence-corrected chi connectivity index (χ3v) is 5.19. The van der Waals surface area contributed by atoms with E-state index in [1.807, 2.05) is 28.8 Å². The molecule has 2 aliphatic rings. The molecular weight excluding hydrogens is 306 g/mol. The molecule has 2 fully saturated rings. The predicted molar refractivity (Wildman–Crippen MR) is 91.8 cm³/mol. The Hall–Kier alpha value is -1.44.